The molecule has 3 nitrogen and oxygen atoms in total. The average molecular weight is 298 g/mol. The van der Waals surface area contributed by atoms with Gasteiger partial charge < -0.3 is 14.8 Å². The van der Waals surface area contributed by atoms with Crippen LogP contribution in [0.4, 0.5) is 0 Å². The number of rotatable bonds is 8. The highest BCUT2D eigenvalue weighted by Crippen LogP contribution is 2.29. The summed E-state index contributed by atoms with van der Waals surface area (Å²) in [5, 5.41) is 4.09. The van der Waals surface area contributed by atoms with Crippen molar-refractivity contribution in [3.63, 3.8) is 0 Å². The normalized spacial score (nSPS) is 15.7. The minimum Gasteiger partial charge on any atom is -0.493 e. The van der Waals surface area contributed by atoms with Gasteiger partial charge in [-0.2, -0.15) is 0 Å². The molecule has 1 aliphatic carbocycles. The molecule has 0 unspecified atom stereocenters. The Bertz CT molecular complexity index is 405. The lowest BCUT2D eigenvalue weighted by atomic mass is 10.1. The van der Waals surface area contributed by atoms with E-state index in [2.05, 4.69) is 5.32 Å². The van der Waals surface area contributed by atoms with Crippen molar-refractivity contribution < 1.29 is 9.47 Å². The van der Waals surface area contributed by atoms with Gasteiger partial charge >= 0.3 is 0 Å². The van der Waals surface area contributed by atoms with Crippen LogP contribution in [0.3, 0.4) is 0 Å². The minimum atomic E-state index is 0.697. The Morgan fingerprint density at radius 2 is 2.10 bits per heavy atom. The Labute approximate surface area is 126 Å². The van der Waals surface area contributed by atoms with Crippen LogP contribution in [0.5, 0.6) is 5.75 Å². The third-order valence-corrected chi connectivity index (χ3v) is 4.16. The zero-order valence-electron chi connectivity index (χ0n) is 12.2. The van der Waals surface area contributed by atoms with Gasteiger partial charge in [-0.25, -0.2) is 0 Å². The monoisotopic (exact) mass is 297 g/mol. The molecule has 1 aromatic carbocycles. The molecule has 20 heavy (non-hydrogen) atoms. The predicted octanol–water partition coefficient (Wildman–Crippen LogP) is 3.65. The van der Waals surface area contributed by atoms with E-state index in [1.54, 1.807) is 7.11 Å². The molecule has 112 valence electrons. The van der Waals surface area contributed by atoms with Crippen molar-refractivity contribution in [2.24, 2.45) is 5.92 Å². The molecule has 0 saturated heterocycles. The number of halogens is 1. The molecular weight excluding hydrogens is 274 g/mol. The van der Waals surface area contributed by atoms with Crippen molar-refractivity contribution in [3.05, 3.63) is 28.8 Å². The van der Waals surface area contributed by atoms with Gasteiger partial charge in [0.05, 0.1) is 13.2 Å². The standard InChI is InChI=1S/C16H24ClNO2/c1-19-10-9-18-11-14-15(17)7-4-8-16(14)20-12-13-5-2-3-6-13/h4,7-8,13,18H,2-3,5-6,9-12H2,1H3. The first-order valence-corrected chi connectivity index (χ1v) is 7.79. The number of ether oxygens (including phenoxy) is 2. The molecule has 0 spiro atoms. The van der Waals surface area contributed by atoms with Gasteiger partial charge in [-0.05, 0) is 30.9 Å². The molecule has 4 heteroatoms. The Balaban J connectivity index is 1.90. The largest absolute Gasteiger partial charge is 0.493 e. The van der Waals surface area contributed by atoms with Crippen LogP contribution in [-0.4, -0.2) is 26.9 Å². The number of hydrogen-bond donors (Lipinski definition) is 1. The van der Waals surface area contributed by atoms with Gasteiger partial charge in [0.25, 0.3) is 0 Å². The van der Waals surface area contributed by atoms with Crippen LogP contribution < -0.4 is 10.1 Å². The fourth-order valence-electron chi connectivity index (χ4n) is 2.62. The van der Waals surface area contributed by atoms with Crippen molar-refractivity contribution in [1.82, 2.24) is 5.32 Å². The van der Waals surface area contributed by atoms with E-state index < -0.39 is 0 Å². The summed E-state index contributed by atoms with van der Waals surface area (Å²) in [4.78, 5) is 0. The first-order valence-electron chi connectivity index (χ1n) is 7.41. The van der Waals surface area contributed by atoms with Crippen molar-refractivity contribution in [1.29, 1.82) is 0 Å². The van der Waals surface area contributed by atoms with E-state index in [0.29, 0.717) is 19.1 Å². The highest BCUT2D eigenvalue weighted by molar-refractivity contribution is 6.31. The zero-order chi connectivity index (χ0) is 14.2. The van der Waals surface area contributed by atoms with E-state index in [-0.39, 0.29) is 0 Å². The fraction of sp³-hybridized carbons (Fsp3) is 0.625. The molecule has 2 rings (SSSR count). The summed E-state index contributed by atoms with van der Waals surface area (Å²) in [5.74, 6) is 1.62. The predicted molar refractivity (Wildman–Crippen MR) is 82.5 cm³/mol. The summed E-state index contributed by atoms with van der Waals surface area (Å²) < 4.78 is 11.0. The molecule has 0 atom stereocenters. The van der Waals surface area contributed by atoms with Crippen LogP contribution in [0.15, 0.2) is 18.2 Å². The summed E-state index contributed by atoms with van der Waals surface area (Å²) >= 11 is 6.29. The van der Waals surface area contributed by atoms with Crippen LogP contribution in [-0.2, 0) is 11.3 Å². The van der Waals surface area contributed by atoms with Gasteiger partial charge in [0.15, 0.2) is 0 Å². The van der Waals surface area contributed by atoms with Gasteiger partial charge in [0.2, 0.25) is 0 Å². The van der Waals surface area contributed by atoms with Gasteiger partial charge in [0, 0.05) is 30.8 Å². The lowest BCUT2D eigenvalue weighted by molar-refractivity contribution is 0.198. The molecule has 1 N–H and O–H groups in total. The molecule has 1 aliphatic rings. The van der Waals surface area contributed by atoms with Crippen molar-refractivity contribution in [3.8, 4) is 5.75 Å². The number of benzene rings is 1. The Kier molecular flexibility index (Phi) is 6.64. The quantitative estimate of drug-likeness (QED) is 0.743. The topological polar surface area (TPSA) is 30.5 Å². The molecule has 0 amide bonds. The maximum Gasteiger partial charge on any atom is 0.125 e. The molecule has 0 bridgehead atoms. The summed E-state index contributed by atoms with van der Waals surface area (Å²) in [5.41, 5.74) is 1.04. The Hall–Kier alpha value is -0.770. The van der Waals surface area contributed by atoms with E-state index in [1.807, 2.05) is 18.2 Å². The van der Waals surface area contributed by atoms with E-state index >= 15 is 0 Å². The number of nitrogens with one attached hydrogen (secondary N) is 1. The second-order valence-corrected chi connectivity index (χ2v) is 5.75. The van der Waals surface area contributed by atoms with E-state index in [1.165, 1.54) is 25.7 Å². The van der Waals surface area contributed by atoms with Crippen molar-refractivity contribution in [2.75, 3.05) is 26.9 Å². The lowest BCUT2D eigenvalue weighted by Gasteiger charge is -2.16. The third kappa shape index (κ3) is 4.65. The molecule has 1 aromatic rings. The molecular formula is C16H24ClNO2. The van der Waals surface area contributed by atoms with Crippen LogP contribution in [0.2, 0.25) is 5.02 Å². The second kappa shape index (κ2) is 8.50. The van der Waals surface area contributed by atoms with Crippen molar-refractivity contribution >= 4 is 11.6 Å². The lowest BCUT2D eigenvalue weighted by Crippen LogP contribution is -2.19. The van der Waals surface area contributed by atoms with Crippen molar-refractivity contribution in [2.45, 2.75) is 32.2 Å². The maximum absolute atomic E-state index is 6.29. The molecule has 0 aromatic heterocycles. The average Bonchev–Trinajstić information content (AvgIpc) is 2.96. The maximum atomic E-state index is 6.29. The smallest absolute Gasteiger partial charge is 0.125 e. The highest BCUT2D eigenvalue weighted by Gasteiger charge is 2.16. The fourth-order valence-corrected chi connectivity index (χ4v) is 2.85. The van der Waals surface area contributed by atoms with Gasteiger partial charge in [-0.15, -0.1) is 0 Å². The van der Waals surface area contributed by atoms with Gasteiger partial charge in [-0.1, -0.05) is 30.5 Å². The first kappa shape index (κ1) is 15.6. The SMILES string of the molecule is COCCNCc1c(Cl)cccc1OCC1CCCC1. The van der Waals surface area contributed by atoms with Crippen LogP contribution >= 0.6 is 11.6 Å². The van der Waals surface area contributed by atoms with E-state index in [9.17, 15) is 0 Å². The van der Waals surface area contributed by atoms with Gasteiger partial charge in [-0.3, -0.25) is 0 Å². The minimum absolute atomic E-state index is 0.697. The Morgan fingerprint density at radius 3 is 2.85 bits per heavy atom. The summed E-state index contributed by atoms with van der Waals surface area (Å²) in [7, 11) is 1.70. The van der Waals surface area contributed by atoms with Crippen LogP contribution in [0.1, 0.15) is 31.2 Å². The van der Waals surface area contributed by atoms with E-state index in [4.69, 9.17) is 21.1 Å². The molecule has 1 fully saturated rings. The van der Waals surface area contributed by atoms with E-state index in [0.717, 1.165) is 29.5 Å². The molecule has 0 aliphatic heterocycles. The number of hydrogen-bond acceptors (Lipinski definition) is 3. The van der Waals surface area contributed by atoms with Crippen LogP contribution in [0, 0.1) is 5.92 Å². The first-order chi connectivity index (χ1) is 9.81. The van der Waals surface area contributed by atoms with Crippen LogP contribution in [0.25, 0.3) is 0 Å². The third-order valence-electron chi connectivity index (χ3n) is 3.81. The summed E-state index contributed by atoms with van der Waals surface area (Å²) in [6.45, 7) is 3.03. The highest BCUT2D eigenvalue weighted by atomic mass is 35.5. The molecule has 1 saturated carbocycles. The zero-order valence-corrected chi connectivity index (χ0v) is 12.9. The Morgan fingerprint density at radius 1 is 1.30 bits per heavy atom. The summed E-state index contributed by atoms with van der Waals surface area (Å²) in [6, 6.07) is 5.87. The molecule has 0 heterocycles. The van der Waals surface area contributed by atoms with Gasteiger partial charge in [0.1, 0.15) is 5.75 Å². The summed E-state index contributed by atoms with van der Waals surface area (Å²) in [6.07, 6.45) is 5.27. The number of methoxy groups -OCH3 is 1. The second-order valence-electron chi connectivity index (χ2n) is 5.35. The molecule has 0 radical (unpaired) electrons.